The fourth-order valence-corrected chi connectivity index (χ4v) is 1.69. The molecular formula is C11H20N2O3. The summed E-state index contributed by atoms with van der Waals surface area (Å²) in [5, 5.41) is 12.2. The van der Waals surface area contributed by atoms with Crippen molar-refractivity contribution in [1.82, 2.24) is 10.2 Å². The lowest BCUT2D eigenvalue weighted by Crippen LogP contribution is -2.49. The van der Waals surface area contributed by atoms with Crippen LogP contribution < -0.4 is 5.32 Å². The predicted octanol–water partition coefficient (Wildman–Crippen LogP) is -0.258. The fourth-order valence-electron chi connectivity index (χ4n) is 1.69. The Kier molecular flexibility index (Phi) is 4.73. The molecule has 0 spiro atoms. The SMILES string of the molecule is CCC(=O)NCC(=O)N1CCC(C)C(O)C1. The van der Waals surface area contributed by atoms with Crippen LogP contribution in [0.2, 0.25) is 0 Å². The molecule has 0 aromatic rings. The Labute approximate surface area is 95.8 Å². The van der Waals surface area contributed by atoms with E-state index >= 15 is 0 Å². The Hall–Kier alpha value is -1.10. The third kappa shape index (κ3) is 3.48. The monoisotopic (exact) mass is 228 g/mol. The number of carbonyl (C=O) groups excluding carboxylic acids is 2. The fraction of sp³-hybridized carbons (Fsp3) is 0.818. The van der Waals surface area contributed by atoms with E-state index in [0.717, 1.165) is 6.42 Å². The molecule has 0 radical (unpaired) electrons. The lowest BCUT2D eigenvalue weighted by atomic mass is 9.96. The van der Waals surface area contributed by atoms with Gasteiger partial charge in [0.15, 0.2) is 0 Å². The molecule has 1 aliphatic rings. The van der Waals surface area contributed by atoms with Gasteiger partial charge >= 0.3 is 0 Å². The Morgan fingerprint density at radius 2 is 2.19 bits per heavy atom. The van der Waals surface area contributed by atoms with Gasteiger partial charge in [0.05, 0.1) is 12.6 Å². The molecule has 2 atom stereocenters. The molecule has 2 unspecified atom stereocenters. The summed E-state index contributed by atoms with van der Waals surface area (Å²) in [7, 11) is 0. The molecule has 0 bridgehead atoms. The number of rotatable bonds is 3. The van der Waals surface area contributed by atoms with Gasteiger partial charge in [0.1, 0.15) is 0 Å². The molecule has 1 rings (SSSR count). The average molecular weight is 228 g/mol. The van der Waals surface area contributed by atoms with E-state index in [-0.39, 0.29) is 24.3 Å². The lowest BCUT2D eigenvalue weighted by Gasteiger charge is -2.34. The Bertz CT molecular complexity index is 268. The Morgan fingerprint density at radius 3 is 2.75 bits per heavy atom. The first-order valence-electron chi connectivity index (χ1n) is 5.77. The number of aliphatic hydroxyl groups is 1. The van der Waals surface area contributed by atoms with Crippen molar-refractivity contribution in [2.45, 2.75) is 32.8 Å². The summed E-state index contributed by atoms with van der Waals surface area (Å²) in [5.74, 6) is 0.00121. The molecule has 1 aliphatic heterocycles. The molecule has 0 aromatic heterocycles. The van der Waals surface area contributed by atoms with E-state index in [1.54, 1.807) is 11.8 Å². The van der Waals surface area contributed by atoms with Gasteiger partial charge < -0.3 is 15.3 Å². The molecule has 92 valence electrons. The van der Waals surface area contributed by atoms with Crippen LogP contribution in [0.3, 0.4) is 0 Å². The van der Waals surface area contributed by atoms with Crippen molar-refractivity contribution in [1.29, 1.82) is 0 Å². The van der Waals surface area contributed by atoms with Gasteiger partial charge in [-0.25, -0.2) is 0 Å². The number of piperidine rings is 1. The van der Waals surface area contributed by atoms with Gasteiger partial charge in [-0.2, -0.15) is 0 Å². The van der Waals surface area contributed by atoms with Crippen LogP contribution in [0.25, 0.3) is 0 Å². The van der Waals surface area contributed by atoms with Crippen LogP contribution in [0, 0.1) is 5.92 Å². The van der Waals surface area contributed by atoms with Crippen molar-refractivity contribution < 1.29 is 14.7 Å². The number of hydrogen-bond acceptors (Lipinski definition) is 3. The second kappa shape index (κ2) is 5.84. The van der Waals surface area contributed by atoms with Crippen LogP contribution in [-0.4, -0.2) is 47.6 Å². The van der Waals surface area contributed by atoms with E-state index < -0.39 is 6.10 Å². The van der Waals surface area contributed by atoms with Crippen LogP contribution in [0.15, 0.2) is 0 Å². The molecule has 16 heavy (non-hydrogen) atoms. The first kappa shape index (κ1) is 13.0. The number of nitrogens with zero attached hydrogens (tertiary/aromatic N) is 1. The first-order valence-corrected chi connectivity index (χ1v) is 5.77. The van der Waals surface area contributed by atoms with Gasteiger partial charge in [0, 0.05) is 19.5 Å². The Balaban J connectivity index is 2.34. The highest BCUT2D eigenvalue weighted by atomic mass is 16.3. The molecule has 2 N–H and O–H groups in total. The minimum Gasteiger partial charge on any atom is -0.391 e. The second-order valence-corrected chi connectivity index (χ2v) is 4.30. The van der Waals surface area contributed by atoms with E-state index in [1.165, 1.54) is 0 Å². The normalized spacial score (nSPS) is 25.3. The summed E-state index contributed by atoms with van der Waals surface area (Å²) in [4.78, 5) is 24.3. The highest BCUT2D eigenvalue weighted by Crippen LogP contribution is 2.16. The summed E-state index contributed by atoms with van der Waals surface area (Å²) in [5.41, 5.74) is 0. The maximum Gasteiger partial charge on any atom is 0.242 e. The van der Waals surface area contributed by atoms with Crippen molar-refractivity contribution in [3.63, 3.8) is 0 Å². The molecule has 5 heteroatoms. The summed E-state index contributed by atoms with van der Waals surface area (Å²) < 4.78 is 0. The summed E-state index contributed by atoms with van der Waals surface area (Å²) in [6, 6.07) is 0. The van der Waals surface area contributed by atoms with E-state index in [0.29, 0.717) is 19.5 Å². The van der Waals surface area contributed by atoms with E-state index in [9.17, 15) is 14.7 Å². The van der Waals surface area contributed by atoms with Gasteiger partial charge in [-0.05, 0) is 12.3 Å². The van der Waals surface area contributed by atoms with Crippen molar-refractivity contribution in [2.75, 3.05) is 19.6 Å². The number of amides is 2. The van der Waals surface area contributed by atoms with Crippen LogP contribution in [-0.2, 0) is 9.59 Å². The molecule has 0 aromatic carbocycles. The summed E-state index contributed by atoms with van der Waals surface area (Å²) in [6.45, 7) is 4.80. The zero-order chi connectivity index (χ0) is 12.1. The number of β-amino-alcohol motifs (C(OH)–C–C–N with tert-alkyl or cyclic N) is 1. The highest BCUT2D eigenvalue weighted by Gasteiger charge is 2.26. The maximum absolute atomic E-state index is 11.7. The zero-order valence-corrected chi connectivity index (χ0v) is 9.90. The van der Waals surface area contributed by atoms with Gasteiger partial charge in [0.2, 0.25) is 11.8 Å². The van der Waals surface area contributed by atoms with Crippen molar-refractivity contribution >= 4 is 11.8 Å². The van der Waals surface area contributed by atoms with Crippen LogP contribution in [0.4, 0.5) is 0 Å². The van der Waals surface area contributed by atoms with Gasteiger partial charge in [-0.3, -0.25) is 9.59 Å². The topological polar surface area (TPSA) is 69.6 Å². The molecule has 0 saturated carbocycles. The first-order chi connectivity index (χ1) is 7.54. The van der Waals surface area contributed by atoms with Crippen molar-refractivity contribution in [2.24, 2.45) is 5.92 Å². The second-order valence-electron chi connectivity index (χ2n) is 4.30. The number of nitrogens with one attached hydrogen (secondary N) is 1. The zero-order valence-electron chi connectivity index (χ0n) is 9.90. The molecule has 2 amide bonds. The predicted molar refractivity (Wildman–Crippen MR) is 59.7 cm³/mol. The number of hydrogen-bond donors (Lipinski definition) is 2. The minimum absolute atomic E-state index is 0.0355. The van der Waals surface area contributed by atoms with Crippen LogP contribution in [0.1, 0.15) is 26.7 Å². The lowest BCUT2D eigenvalue weighted by molar-refractivity contribution is -0.136. The largest absolute Gasteiger partial charge is 0.391 e. The minimum atomic E-state index is -0.445. The van der Waals surface area contributed by atoms with Crippen molar-refractivity contribution in [3.8, 4) is 0 Å². The van der Waals surface area contributed by atoms with E-state index in [1.807, 2.05) is 6.92 Å². The molecule has 0 aliphatic carbocycles. The van der Waals surface area contributed by atoms with Gasteiger partial charge in [-0.1, -0.05) is 13.8 Å². The molecule has 5 nitrogen and oxygen atoms in total. The highest BCUT2D eigenvalue weighted by molar-refractivity contribution is 5.84. The molecule has 1 heterocycles. The van der Waals surface area contributed by atoms with Crippen molar-refractivity contribution in [3.05, 3.63) is 0 Å². The van der Waals surface area contributed by atoms with Gasteiger partial charge in [-0.15, -0.1) is 0 Å². The maximum atomic E-state index is 11.7. The third-order valence-corrected chi connectivity index (χ3v) is 3.03. The van der Waals surface area contributed by atoms with E-state index in [4.69, 9.17) is 0 Å². The van der Waals surface area contributed by atoms with Gasteiger partial charge in [0.25, 0.3) is 0 Å². The van der Waals surface area contributed by atoms with Crippen LogP contribution in [0.5, 0.6) is 0 Å². The molecule has 1 fully saturated rings. The molecular weight excluding hydrogens is 208 g/mol. The number of carbonyl (C=O) groups is 2. The number of aliphatic hydroxyl groups excluding tert-OH is 1. The number of likely N-dealkylation sites (tertiary alicyclic amines) is 1. The Morgan fingerprint density at radius 1 is 1.50 bits per heavy atom. The third-order valence-electron chi connectivity index (χ3n) is 3.03. The summed E-state index contributed by atoms with van der Waals surface area (Å²) in [6.07, 6.45) is 0.751. The standard InChI is InChI=1S/C11H20N2O3/c1-3-10(15)12-6-11(16)13-5-4-8(2)9(14)7-13/h8-9,14H,3-7H2,1-2H3,(H,12,15). The average Bonchev–Trinajstić information content (AvgIpc) is 2.29. The smallest absolute Gasteiger partial charge is 0.242 e. The molecule has 1 saturated heterocycles. The quantitative estimate of drug-likeness (QED) is 0.699. The summed E-state index contributed by atoms with van der Waals surface area (Å²) >= 11 is 0. The van der Waals surface area contributed by atoms with E-state index in [2.05, 4.69) is 5.32 Å². The van der Waals surface area contributed by atoms with Crippen LogP contribution >= 0.6 is 0 Å².